The number of hydrogen-bond donors (Lipinski definition) is 2. The monoisotopic (exact) mass is 228 g/mol. The van der Waals surface area contributed by atoms with Crippen LogP contribution in [0.5, 0.6) is 0 Å². The SMILES string of the molecule is CC(C)(CN)C(=O)N(CCC(=O)O)C1CC1. The van der Waals surface area contributed by atoms with Gasteiger partial charge in [0, 0.05) is 19.1 Å². The lowest BCUT2D eigenvalue weighted by Crippen LogP contribution is -2.46. The second kappa shape index (κ2) is 4.82. The van der Waals surface area contributed by atoms with Gasteiger partial charge in [-0.15, -0.1) is 0 Å². The molecule has 1 aliphatic rings. The summed E-state index contributed by atoms with van der Waals surface area (Å²) >= 11 is 0. The van der Waals surface area contributed by atoms with Crippen LogP contribution >= 0.6 is 0 Å². The molecular weight excluding hydrogens is 208 g/mol. The fraction of sp³-hybridized carbons (Fsp3) is 0.818. The third-order valence-corrected chi connectivity index (χ3v) is 2.90. The van der Waals surface area contributed by atoms with Crippen LogP contribution < -0.4 is 5.73 Å². The van der Waals surface area contributed by atoms with Gasteiger partial charge >= 0.3 is 5.97 Å². The van der Waals surface area contributed by atoms with Crippen molar-refractivity contribution in [1.82, 2.24) is 4.90 Å². The Bertz CT molecular complexity index is 285. The fourth-order valence-corrected chi connectivity index (χ4v) is 1.53. The van der Waals surface area contributed by atoms with E-state index in [1.807, 2.05) is 0 Å². The van der Waals surface area contributed by atoms with Crippen LogP contribution in [0.25, 0.3) is 0 Å². The van der Waals surface area contributed by atoms with Crippen LogP contribution in [0.2, 0.25) is 0 Å². The summed E-state index contributed by atoms with van der Waals surface area (Å²) < 4.78 is 0. The molecule has 0 radical (unpaired) electrons. The van der Waals surface area contributed by atoms with Crippen molar-refractivity contribution in [3.05, 3.63) is 0 Å². The highest BCUT2D eigenvalue weighted by Gasteiger charge is 2.38. The molecule has 1 aliphatic carbocycles. The Morgan fingerprint density at radius 2 is 2.00 bits per heavy atom. The first-order chi connectivity index (χ1) is 7.38. The van der Waals surface area contributed by atoms with Crippen LogP contribution in [0.15, 0.2) is 0 Å². The Labute approximate surface area is 95.6 Å². The molecule has 0 bridgehead atoms. The van der Waals surface area contributed by atoms with E-state index in [-0.39, 0.29) is 24.9 Å². The van der Waals surface area contributed by atoms with E-state index >= 15 is 0 Å². The third-order valence-electron chi connectivity index (χ3n) is 2.90. The predicted octanol–water partition coefficient (Wildman–Crippen LogP) is 0.437. The zero-order valence-electron chi connectivity index (χ0n) is 9.90. The van der Waals surface area contributed by atoms with Gasteiger partial charge in [0.05, 0.1) is 11.8 Å². The van der Waals surface area contributed by atoms with E-state index in [0.717, 1.165) is 12.8 Å². The van der Waals surface area contributed by atoms with Crippen molar-refractivity contribution in [3.8, 4) is 0 Å². The summed E-state index contributed by atoms with van der Waals surface area (Å²) in [5.41, 5.74) is 4.96. The Balaban J connectivity index is 2.62. The minimum atomic E-state index is -0.871. The molecule has 5 heteroatoms. The summed E-state index contributed by atoms with van der Waals surface area (Å²) in [4.78, 5) is 24.4. The van der Waals surface area contributed by atoms with Crippen molar-refractivity contribution in [1.29, 1.82) is 0 Å². The lowest BCUT2D eigenvalue weighted by Gasteiger charge is -2.30. The third kappa shape index (κ3) is 3.20. The molecule has 0 unspecified atom stereocenters. The average molecular weight is 228 g/mol. The summed E-state index contributed by atoms with van der Waals surface area (Å²) in [7, 11) is 0. The number of nitrogens with zero attached hydrogens (tertiary/aromatic N) is 1. The molecular formula is C11H20N2O3. The standard InChI is InChI=1S/C11H20N2O3/c1-11(2,7-12)10(16)13(8-3-4-8)6-5-9(14)15/h8H,3-7,12H2,1-2H3,(H,14,15). The molecule has 0 atom stereocenters. The van der Waals surface area contributed by atoms with Crippen molar-refractivity contribution < 1.29 is 14.7 Å². The first kappa shape index (κ1) is 13.0. The Morgan fingerprint density at radius 1 is 1.44 bits per heavy atom. The summed E-state index contributed by atoms with van der Waals surface area (Å²) in [6, 6.07) is 0.234. The van der Waals surface area contributed by atoms with Crippen molar-refractivity contribution >= 4 is 11.9 Å². The van der Waals surface area contributed by atoms with Crippen LogP contribution in [-0.2, 0) is 9.59 Å². The highest BCUT2D eigenvalue weighted by atomic mass is 16.4. The summed E-state index contributed by atoms with van der Waals surface area (Å²) in [6.07, 6.45) is 1.96. The van der Waals surface area contributed by atoms with Crippen LogP contribution in [0.3, 0.4) is 0 Å². The number of carbonyl (C=O) groups is 2. The second-order valence-electron chi connectivity index (χ2n) is 4.96. The molecule has 0 aromatic carbocycles. The molecule has 0 saturated heterocycles. The lowest BCUT2D eigenvalue weighted by atomic mass is 9.91. The first-order valence-corrected chi connectivity index (χ1v) is 5.61. The number of nitrogens with two attached hydrogens (primary N) is 1. The largest absolute Gasteiger partial charge is 0.481 e. The van der Waals surface area contributed by atoms with E-state index in [9.17, 15) is 9.59 Å². The van der Waals surface area contributed by atoms with Crippen LogP contribution in [-0.4, -0.2) is 41.0 Å². The summed E-state index contributed by atoms with van der Waals surface area (Å²) in [5, 5.41) is 8.64. The minimum absolute atomic E-state index is 0.00287. The summed E-state index contributed by atoms with van der Waals surface area (Å²) in [5.74, 6) is -0.900. The van der Waals surface area contributed by atoms with E-state index in [4.69, 9.17) is 10.8 Å². The van der Waals surface area contributed by atoms with Gasteiger partial charge < -0.3 is 15.7 Å². The highest BCUT2D eigenvalue weighted by molar-refractivity contribution is 5.83. The predicted molar refractivity (Wildman–Crippen MR) is 59.8 cm³/mol. The zero-order valence-corrected chi connectivity index (χ0v) is 9.90. The second-order valence-corrected chi connectivity index (χ2v) is 4.96. The molecule has 3 N–H and O–H groups in total. The Hall–Kier alpha value is -1.10. The minimum Gasteiger partial charge on any atom is -0.481 e. The molecule has 92 valence electrons. The van der Waals surface area contributed by atoms with E-state index < -0.39 is 11.4 Å². The van der Waals surface area contributed by atoms with Crippen molar-refractivity contribution in [3.63, 3.8) is 0 Å². The first-order valence-electron chi connectivity index (χ1n) is 5.61. The maximum absolute atomic E-state index is 12.1. The van der Waals surface area contributed by atoms with Gasteiger partial charge in [0.2, 0.25) is 5.91 Å². The van der Waals surface area contributed by atoms with Gasteiger partial charge in [-0.2, -0.15) is 0 Å². The number of hydrogen-bond acceptors (Lipinski definition) is 3. The van der Waals surface area contributed by atoms with Gasteiger partial charge in [-0.05, 0) is 26.7 Å². The average Bonchev–Trinajstić information content (AvgIpc) is 3.01. The van der Waals surface area contributed by atoms with E-state index in [2.05, 4.69) is 0 Å². The van der Waals surface area contributed by atoms with E-state index in [0.29, 0.717) is 6.54 Å². The molecule has 1 fully saturated rings. The topological polar surface area (TPSA) is 83.6 Å². The highest BCUT2D eigenvalue weighted by Crippen LogP contribution is 2.30. The molecule has 0 heterocycles. The van der Waals surface area contributed by atoms with Gasteiger partial charge in [-0.1, -0.05) is 0 Å². The van der Waals surface area contributed by atoms with Crippen LogP contribution in [0.4, 0.5) is 0 Å². The van der Waals surface area contributed by atoms with Crippen molar-refractivity contribution in [2.45, 2.75) is 39.2 Å². The van der Waals surface area contributed by atoms with E-state index in [1.165, 1.54) is 0 Å². The molecule has 1 saturated carbocycles. The van der Waals surface area contributed by atoms with Gasteiger partial charge in [0.15, 0.2) is 0 Å². The van der Waals surface area contributed by atoms with Crippen molar-refractivity contribution in [2.24, 2.45) is 11.1 Å². The van der Waals surface area contributed by atoms with Gasteiger partial charge in [0.25, 0.3) is 0 Å². The van der Waals surface area contributed by atoms with Crippen LogP contribution in [0, 0.1) is 5.41 Å². The number of carbonyl (C=O) groups excluding carboxylic acids is 1. The lowest BCUT2D eigenvalue weighted by molar-refractivity contribution is -0.142. The van der Waals surface area contributed by atoms with Crippen molar-refractivity contribution in [2.75, 3.05) is 13.1 Å². The molecule has 0 aromatic heterocycles. The molecule has 1 rings (SSSR count). The van der Waals surface area contributed by atoms with E-state index in [1.54, 1.807) is 18.7 Å². The summed E-state index contributed by atoms with van der Waals surface area (Å²) in [6.45, 7) is 4.17. The zero-order chi connectivity index (χ0) is 12.3. The fourth-order valence-electron chi connectivity index (χ4n) is 1.53. The van der Waals surface area contributed by atoms with Crippen LogP contribution in [0.1, 0.15) is 33.1 Å². The number of amides is 1. The molecule has 0 aromatic rings. The molecule has 0 aliphatic heterocycles. The van der Waals surface area contributed by atoms with Gasteiger partial charge in [-0.25, -0.2) is 0 Å². The quantitative estimate of drug-likeness (QED) is 0.691. The van der Waals surface area contributed by atoms with Gasteiger partial charge in [0.1, 0.15) is 0 Å². The normalized spacial score (nSPS) is 15.9. The number of carboxylic acids is 1. The molecule has 16 heavy (non-hydrogen) atoms. The molecule has 5 nitrogen and oxygen atoms in total. The Kier molecular flexibility index (Phi) is 3.91. The molecule has 1 amide bonds. The van der Waals surface area contributed by atoms with Gasteiger partial charge in [-0.3, -0.25) is 9.59 Å². The number of carboxylic acid groups (broad SMARTS) is 1. The molecule has 0 spiro atoms. The maximum Gasteiger partial charge on any atom is 0.305 e. The Morgan fingerprint density at radius 3 is 2.38 bits per heavy atom. The smallest absolute Gasteiger partial charge is 0.305 e. The number of aliphatic carboxylic acids is 1. The maximum atomic E-state index is 12.1. The number of rotatable bonds is 6.